The standard InChI is InChI=1S/C14H10FN3/c15-14-17-12-9-5-4-8-11(12)13(18-14)16-10-6-2-1-3-7-10/h1-9H,(H,16,17,18). The zero-order valence-corrected chi connectivity index (χ0v) is 9.47. The van der Waals surface area contributed by atoms with Gasteiger partial charge in [0.1, 0.15) is 5.82 Å². The topological polar surface area (TPSA) is 37.8 Å². The quantitative estimate of drug-likeness (QED) is 0.695. The molecule has 0 atom stereocenters. The Hall–Kier alpha value is -2.49. The minimum atomic E-state index is -0.730. The van der Waals surface area contributed by atoms with E-state index in [1.54, 1.807) is 6.07 Å². The zero-order valence-electron chi connectivity index (χ0n) is 9.47. The van der Waals surface area contributed by atoms with Crippen LogP contribution in [0.3, 0.4) is 0 Å². The number of rotatable bonds is 2. The lowest BCUT2D eigenvalue weighted by Crippen LogP contribution is -1.99. The van der Waals surface area contributed by atoms with Crippen LogP contribution in [0.1, 0.15) is 0 Å². The molecule has 0 saturated carbocycles. The van der Waals surface area contributed by atoms with Gasteiger partial charge in [-0.15, -0.1) is 0 Å². The summed E-state index contributed by atoms with van der Waals surface area (Å²) in [5.74, 6) is 0.476. The van der Waals surface area contributed by atoms with Gasteiger partial charge in [0.25, 0.3) is 0 Å². The van der Waals surface area contributed by atoms with Gasteiger partial charge in [0, 0.05) is 11.1 Å². The van der Waals surface area contributed by atoms with Crippen LogP contribution >= 0.6 is 0 Å². The lowest BCUT2D eigenvalue weighted by molar-refractivity contribution is 0.546. The Bertz CT molecular complexity index is 683. The fourth-order valence-corrected chi connectivity index (χ4v) is 1.80. The van der Waals surface area contributed by atoms with Crippen LogP contribution in [0.15, 0.2) is 54.6 Å². The molecule has 0 fully saturated rings. The van der Waals surface area contributed by atoms with Crippen LogP contribution in [0.4, 0.5) is 15.9 Å². The van der Waals surface area contributed by atoms with Gasteiger partial charge >= 0.3 is 6.08 Å². The molecule has 0 saturated heterocycles. The molecule has 2 aromatic carbocycles. The highest BCUT2D eigenvalue weighted by molar-refractivity contribution is 5.90. The number of halogens is 1. The Balaban J connectivity index is 2.11. The predicted octanol–water partition coefficient (Wildman–Crippen LogP) is 3.51. The van der Waals surface area contributed by atoms with Crippen LogP contribution in [-0.4, -0.2) is 9.97 Å². The molecule has 0 aliphatic heterocycles. The first-order valence-corrected chi connectivity index (χ1v) is 5.57. The van der Waals surface area contributed by atoms with E-state index < -0.39 is 6.08 Å². The summed E-state index contributed by atoms with van der Waals surface area (Å²) in [6.07, 6.45) is -0.730. The van der Waals surface area contributed by atoms with E-state index in [2.05, 4.69) is 15.3 Å². The van der Waals surface area contributed by atoms with Gasteiger partial charge < -0.3 is 5.32 Å². The van der Waals surface area contributed by atoms with Crippen molar-refractivity contribution in [2.24, 2.45) is 0 Å². The molecule has 0 radical (unpaired) electrons. The molecule has 88 valence electrons. The summed E-state index contributed by atoms with van der Waals surface area (Å²) in [7, 11) is 0. The smallest absolute Gasteiger partial charge is 0.311 e. The second-order valence-corrected chi connectivity index (χ2v) is 3.85. The molecule has 3 rings (SSSR count). The van der Waals surface area contributed by atoms with Crippen molar-refractivity contribution in [3.05, 3.63) is 60.7 Å². The maximum atomic E-state index is 13.3. The summed E-state index contributed by atoms with van der Waals surface area (Å²) in [4.78, 5) is 7.57. The second kappa shape index (κ2) is 4.41. The maximum Gasteiger partial charge on any atom is 0.311 e. The molecule has 1 N–H and O–H groups in total. The molecule has 0 spiro atoms. The summed E-state index contributed by atoms with van der Waals surface area (Å²) in [6, 6.07) is 16.8. The molecule has 0 aliphatic carbocycles. The number of aromatic nitrogens is 2. The second-order valence-electron chi connectivity index (χ2n) is 3.85. The van der Waals surface area contributed by atoms with E-state index in [0.717, 1.165) is 11.1 Å². The van der Waals surface area contributed by atoms with E-state index in [9.17, 15) is 4.39 Å². The van der Waals surface area contributed by atoms with Gasteiger partial charge in [-0.05, 0) is 24.3 Å². The first kappa shape index (κ1) is 10.7. The third kappa shape index (κ3) is 2.00. The molecule has 0 aliphatic rings. The van der Waals surface area contributed by atoms with Crippen LogP contribution in [0.5, 0.6) is 0 Å². The highest BCUT2D eigenvalue weighted by atomic mass is 19.1. The van der Waals surface area contributed by atoms with E-state index in [1.165, 1.54) is 0 Å². The van der Waals surface area contributed by atoms with E-state index in [1.807, 2.05) is 48.5 Å². The molecule has 4 heteroatoms. The van der Waals surface area contributed by atoms with Crippen LogP contribution in [0.2, 0.25) is 0 Å². The van der Waals surface area contributed by atoms with Gasteiger partial charge in [-0.1, -0.05) is 30.3 Å². The highest BCUT2D eigenvalue weighted by Gasteiger charge is 2.06. The fraction of sp³-hybridized carbons (Fsp3) is 0. The highest BCUT2D eigenvalue weighted by Crippen LogP contribution is 2.23. The molecule has 0 bridgehead atoms. The number of benzene rings is 2. The number of hydrogen-bond acceptors (Lipinski definition) is 3. The third-order valence-corrected chi connectivity index (χ3v) is 2.61. The van der Waals surface area contributed by atoms with E-state index in [0.29, 0.717) is 11.3 Å². The largest absolute Gasteiger partial charge is 0.340 e. The molecule has 0 unspecified atom stereocenters. The van der Waals surface area contributed by atoms with Crippen molar-refractivity contribution in [2.45, 2.75) is 0 Å². The van der Waals surface area contributed by atoms with Crippen molar-refractivity contribution in [1.82, 2.24) is 9.97 Å². The Morgan fingerprint density at radius 2 is 1.56 bits per heavy atom. The van der Waals surface area contributed by atoms with Crippen molar-refractivity contribution in [3.63, 3.8) is 0 Å². The van der Waals surface area contributed by atoms with E-state index in [-0.39, 0.29) is 0 Å². The minimum Gasteiger partial charge on any atom is -0.340 e. The summed E-state index contributed by atoms with van der Waals surface area (Å²) in [5, 5.41) is 3.89. The number of nitrogens with one attached hydrogen (secondary N) is 1. The number of fused-ring (bicyclic) bond motifs is 1. The van der Waals surface area contributed by atoms with Gasteiger partial charge in [0.05, 0.1) is 5.52 Å². The van der Waals surface area contributed by atoms with Crippen LogP contribution < -0.4 is 5.32 Å². The van der Waals surface area contributed by atoms with Gasteiger partial charge in [-0.2, -0.15) is 9.37 Å². The summed E-state index contributed by atoms with van der Waals surface area (Å²) in [6.45, 7) is 0. The lowest BCUT2D eigenvalue weighted by atomic mass is 10.2. The monoisotopic (exact) mass is 239 g/mol. The van der Waals surface area contributed by atoms with Crippen LogP contribution in [0.25, 0.3) is 10.9 Å². The Morgan fingerprint density at radius 3 is 2.39 bits per heavy atom. The average molecular weight is 239 g/mol. The SMILES string of the molecule is Fc1nc(Nc2ccccc2)c2ccccc2n1. The number of hydrogen-bond donors (Lipinski definition) is 1. The van der Waals surface area contributed by atoms with Crippen LogP contribution in [-0.2, 0) is 0 Å². The molecule has 3 nitrogen and oxygen atoms in total. The minimum absolute atomic E-state index is 0.476. The van der Waals surface area contributed by atoms with Crippen molar-refractivity contribution in [1.29, 1.82) is 0 Å². The van der Waals surface area contributed by atoms with Gasteiger partial charge in [0.15, 0.2) is 0 Å². The van der Waals surface area contributed by atoms with Crippen molar-refractivity contribution < 1.29 is 4.39 Å². The first-order valence-electron chi connectivity index (χ1n) is 5.57. The summed E-state index contributed by atoms with van der Waals surface area (Å²) < 4.78 is 13.3. The van der Waals surface area contributed by atoms with Gasteiger partial charge in [0.2, 0.25) is 0 Å². The average Bonchev–Trinajstić information content (AvgIpc) is 2.40. The molecular weight excluding hydrogens is 229 g/mol. The van der Waals surface area contributed by atoms with E-state index in [4.69, 9.17) is 0 Å². The van der Waals surface area contributed by atoms with Crippen molar-refractivity contribution in [2.75, 3.05) is 5.32 Å². The molecule has 3 aromatic rings. The first-order chi connectivity index (χ1) is 8.83. The maximum absolute atomic E-state index is 13.3. The number of anilines is 2. The van der Waals surface area contributed by atoms with Crippen molar-refractivity contribution in [3.8, 4) is 0 Å². The van der Waals surface area contributed by atoms with Crippen molar-refractivity contribution >= 4 is 22.4 Å². The third-order valence-electron chi connectivity index (χ3n) is 2.61. The molecule has 18 heavy (non-hydrogen) atoms. The lowest BCUT2D eigenvalue weighted by Gasteiger charge is -2.08. The number of para-hydroxylation sites is 2. The summed E-state index contributed by atoms with van der Waals surface area (Å²) >= 11 is 0. The Kier molecular flexibility index (Phi) is 2.61. The Morgan fingerprint density at radius 1 is 0.833 bits per heavy atom. The molecule has 0 amide bonds. The van der Waals surface area contributed by atoms with E-state index >= 15 is 0 Å². The Labute approximate surface area is 103 Å². The van der Waals surface area contributed by atoms with Crippen LogP contribution in [0, 0.1) is 6.08 Å². The normalized spacial score (nSPS) is 10.5. The molecular formula is C14H10FN3. The zero-order chi connectivity index (χ0) is 12.4. The predicted molar refractivity (Wildman–Crippen MR) is 69.2 cm³/mol. The molecule has 1 aromatic heterocycles. The summed E-state index contributed by atoms with van der Waals surface area (Å²) in [5.41, 5.74) is 1.45. The fourth-order valence-electron chi connectivity index (χ4n) is 1.80. The van der Waals surface area contributed by atoms with Gasteiger partial charge in [-0.3, -0.25) is 0 Å². The number of nitrogens with zero attached hydrogens (tertiary/aromatic N) is 2. The molecule has 1 heterocycles. The van der Waals surface area contributed by atoms with Gasteiger partial charge in [-0.25, -0.2) is 4.98 Å².